The van der Waals surface area contributed by atoms with Crippen LogP contribution in [0.3, 0.4) is 0 Å². The van der Waals surface area contributed by atoms with Crippen molar-refractivity contribution in [2.45, 2.75) is 0 Å². The minimum Gasteiger partial charge on any atom is -0.455 e. The van der Waals surface area contributed by atoms with Crippen molar-refractivity contribution in [2.75, 3.05) is 0 Å². The fraction of sp³-hybridized carbons (Fsp3) is 0. The molecular weight excluding hydrogens is 709 g/mol. The molecule has 2 aliphatic rings. The molecule has 0 saturated heterocycles. The summed E-state index contributed by atoms with van der Waals surface area (Å²) in [4.78, 5) is 29.4. The zero-order valence-electron chi connectivity index (χ0n) is 29.3. The molecule has 12 rings (SSSR count). The van der Waals surface area contributed by atoms with Gasteiger partial charge in [-0.3, -0.25) is 9.59 Å². The lowest BCUT2D eigenvalue weighted by atomic mass is 9.98. The van der Waals surface area contributed by atoms with Crippen molar-refractivity contribution in [1.82, 2.24) is 0 Å². The maximum atomic E-state index is 14.7. The topological polar surface area (TPSA) is 47.3 Å². The van der Waals surface area contributed by atoms with E-state index in [0.29, 0.717) is 22.3 Å². The predicted molar refractivity (Wildman–Crippen MR) is 228 cm³/mol. The van der Waals surface area contributed by atoms with Crippen LogP contribution < -0.4 is 20.7 Å². The van der Waals surface area contributed by atoms with Gasteiger partial charge in [-0.15, -0.1) is 11.3 Å². The molecular formula is C50H28O3SSi. The lowest BCUT2D eigenvalue weighted by Crippen LogP contribution is -2.70. The number of carbonyl (C=O) groups excluding carboxylic acids is 2. The van der Waals surface area contributed by atoms with Gasteiger partial charge < -0.3 is 4.42 Å². The molecule has 1 spiro atoms. The summed E-state index contributed by atoms with van der Waals surface area (Å²) in [5.41, 5.74) is 8.65. The van der Waals surface area contributed by atoms with Crippen LogP contribution in [0.4, 0.5) is 0 Å². The number of fused-ring (bicyclic) bond motifs is 16. The number of para-hydroxylation sites is 2. The molecule has 256 valence electrons. The summed E-state index contributed by atoms with van der Waals surface area (Å²) in [6, 6.07) is 58.3. The molecule has 2 aliphatic heterocycles. The summed E-state index contributed by atoms with van der Waals surface area (Å²) in [7, 11) is -2.99. The highest BCUT2D eigenvalue weighted by Gasteiger charge is 2.54. The Balaban J connectivity index is 1.08. The summed E-state index contributed by atoms with van der Waals surface area (Å²) in [5.74, 6) is -0.0474. The fourth-order valence-electron chi connectivity index (χ4n) is 9.58. The van der Waals surface area contributed by atoms with Gasteiger partial charge in [-0.05, 0) is 67.3 Å². The van der Waals surface area contributed by atoms with Gasteiger partial charge in [0.25, 0.3) is 0 Å². The van der Waals surface area contributed by atoms with Gasteiger partial charge in [0.15, 0.2) is 19.6 Å². The van der Waals surface area contributed by atoms with Crippen LogP contribution in [0.15, 0.2) is 174 Å². The van der Waals surface area contributed by atoms with E-state index < -0.39 is 8.07 Å². The number of hydrogen-bond acceptors (Lipinski definition) is 4. The van der Waals surface area contributed by atoms with Crippen molar-refractivity contribution in [3.05, 3.63) is 192 Å². The lowest BCUT2D eigenvalue weighted by Gasteiger charge is -2.28. The van der Waals surface area contributed by atoms with Gasteiger partial charge in [-0.1, -0.05) is 146 Å². The zero-order valence-corrected chi connectivity index (χ0v) is 31.1. The molecule has 55 heavy (non-hydrogen) atoms. The van der Waals surface area contributed by atoms with E-state index in [9.17, 15) is 9.59 Å². The Morgan fingerprint density at radius 1 is 0.436 bits per heavy atom. The molecule has 0 radical (unpaired) electrons. The first-order valence-electron chi connectivity index (χ1n) is 18.5. The largest absolute Gasteiger partial charge is 0.455 e. The number of thiophene rings is 1. The summed E-state index contributed by atoms with van der Waals surface area (Å²) < 4.78 is 8.52. The summed E-state index contributed by atoms with van der Waals surface area (Å²) in [6.45, 7) is 0. The average molecular weight is 737 g/mol. The Morgan fingerprint density at radius 3 is 1.67 bits per heavy atom. The molecule has 1 unspecified atom stereocenters. The molecule has 0 saturated carbocycles. The number of benzene rings is 8. The van der Waals surface area contributed by atoms with Crippen molar-refractivity contribution in [2.24, 2.45) is 0 Å². The lowest BCUT2D eigenvalue weighted by molar-refractivity contribution is 0.103. The van der Waals surface area contributed by atoms with Crippen LogP contribution in [0.25, 0.3) is 64.4 Å². The quantitative estimate of drug-likeness (QED) is 0.134. The van der Waals surface area contributed by atoms with E-state index in [1.165, 1.54) is 42.0 Å². The Kier molecular flexibility index (Phi) is 6.25. The Morgan fingerprint density at radius 2 is 0.964 bits per heavy atom. The Hall–Kier alpha value is -6.66. The molecule has 0 fully saturated rings. The Labute approximate surface area is 320 Å². The number of ketones is 2. The monoisotopic (exact) mass is 736 g/mol. The van der Waals surface area contributed by atoms with E-state index in [-0.39, 0.29) is 11.6 Å². The van der Waals surface area contributed by atoms with Gasteiger partial charge in [-0.2, -0.15) is 0 Å². The second-order valence-corrected chi connectivity index (χ2v) is 19.3. The van der Waals surface area contributed by atoms with Crippen molar-refractivity contribution in [3.8, 4) is 22.3 Å². The number of furan rings is 1. The van der Waals surface area contributed by atoms with E-state index in [0.717, 1.165) is 43.1 Å². The molecule has 0 N–H and O–H groups in total. The van der Waals surface area contributed by atoms with E-state index in [1.54, 1.807) is 11.3 Å². The van der Waals surface area contributed by atoms with E-state index in [2.05, 4.69) is 103 Å². The fourth-order valence-corrected chi connectivity index (χ4v) is 16.5. The molecule has 4 heterocycles. The SMILES string of the molecule is O=C(c1ccc2c(c1)[Si]1(c3ccccc3-2)c2ccccc2-c2ccc(C(=O)c3cccc4c3sc3ccccc34)cc21)c1cccc2c1oc1ccccc12. The minimum atomic E-state index is -2.99. The van der Waals surface area contributed by atoms with Crippen LogP contribution in [-0.4, -0.2) is 19.6 Å². The summed E-state index contributed by atoms with van der Waals surface area (Å²) in [5, 5.41) is 9.16. The highest BCUT2D eigenvalue weighted by Crippen LogP contribution is 2.39. The third kappa shape index (κ3) is 4.03. The molecule has 1 atom stereocenters. The molecule has 0 amide bonds. The van der Waals surface area contributed by atoms with Crippen LogP contribution >= 0.6 is 11.3 Å². The van der Waals surface area contributed by atoms with E-state index in [4.69, 9.17) is 4.42 Å². The Bertz CT molecular complexity index is 3110. The number of carbonyl (C=O) groups is 2. The third-order valence-electron chi connectivity index (χ3n) is 11.9. The highest BCUT2D eigenvalue weighted by atomic mass is 32.1. The van der Waals surface area contributed by atoms with Crippen LogP contribution in [-0.2, 0) is 0 Å². The first kappa shape index (κ1) is 30.8. The molecule has 10 aromatic rings. The molecule has 2 aromatic heterocycles. The number of rotatable bonds is 4. The van der Waals surface area contributed by atoms with Crippen molar-refractivity contribution in [3.63, 3.8) is 0 Å². The van der Waals surface area contributed by atoms with Crippen molar-refractivity contribution < 1.29 is 14.0 Å². The third-order valence-corrected chi connectivity index (χ3v) is 18.1. The summed E-state index contributed by atoms with van der Waals surface area (Å²) >= 11 is 1.68. The van der Waals surface area contributed by atoms with Crippen LogP contribution in [0.1, 0.15) is 31.8 Å². The van der Waals surface area contributed by atoms with Gasteiger partial charge >= 0.3 is 0 Å². The zero-order chi connectivity index (χ0) is 36.4. The molecule has 3 nitrogen and oxygen atoms in total. The van der Waals surface area contributed by atoms with Crippen LogP contribution in [0.5, 0.6) is 0 Å². The molecule has 8 aromatic carbocycles. The molecule has 5 heteroatoms. The smallest absolute Gasteiger partial charge is 0.196 e. The van der Waals surface area contributed by atoms with E-state index >= 15 is 0 Å². The first-order valence-corrected chi connectivity index (χ1v) is 21.3. The number of hydrogen-bond donors (Lipinski definition) is 0. The normalized spacial score (nSPS) is 15.1. The second-order valence-electron chi connectivity index (χ2n) is 14.6. The van der Waals surface area contributed by atoms with Crippen LogP contribution in [0, 0.1) is 0 Å². The molecule has 0 bridgehead atoms. The van der Waals surface area contributed by atoms with Gasteiger partial charge in [0.05, 0.1) is 5.56 Å². The highest BCUT2D eigenvalue weighted by molar-refractivity contribution is 7.26. The minimum absolute atomic E-state index is 0.0226. The molecule has 0 aliphatic carbocycles. The van der Waals surface area contributed by atoms with Gasteiger partial charge in [0.2, 0.25) is 0 Å². The van der Waals surface area contributed by atoms with Crippen molar-refractivity contribution >= 4 is 93.8 Å². The average Bonchev–Trinajstić information content (AvgIpc) is 3.98. The van der Waals surface area contributed by atoms with Gasteiger partial charge in [0, 0.05) is 47.6 Å². The predicted octanol–water partition coefficient (Wildman–Crippen LogP) is 9.75. The van der Waals surface area contributed by atoms with Gasteiger partial charge in [-0.25, -0.2) is 0 Å². The maximum Gasteiger partial charge on any atom is 0.196 e. The first-order chi connectivity index (χ1) is 27.1. The van der Waals surface area contributed by atoms with Crippen molar-refractivity contribution in [1.29, 1.82) is 0 Å². The van der Waals surface area contributed by atoms with E-state index in [1.807, 2.05) is 66.7 Å². The second kappa shape index (κ2) is 11.2. The van der Waals surface area contributed by atoms with Crippen LogP contribution in [0.2, 0.25) is 0 Å². The standard InChI is InChI=1S/C50H28O3SSi/c51-47(39-17-9-15-37-31-11-1-5-19-41(31)53-49(37)39)29-23-25-35-33-13-3-7-21-43(33)55(45(35)27-29)44-22-8-4-14-34(44)36-26-24-30(28-46(36)55)48(52)40-18-10-16-38-32-12-2-6-20-42(32)54-50(38)40/h1-28H. The van der Waals surface area contributed by atoms with Gasteiger partial charge in [0.1, 0.15) is 11.2 Å². The summed E-state index contributed by atoms with van der Waals surface area (Å²) in [6.07, 6.45) is 0. The maximum absolute atomic E-state index is 14.7.